The van der Waals surface area contributed by atoms with E-state index in [4.69, 9.17) is 14.2 Å². The van der Waals surface area contributed by atoms with Crippen LogP contribution in [0.15, 0.2) is 0 Å². The summed E-state index contributed by atoms with van der Waals surface area (Å²) in [5, 5.41) is 0. The van der Waals surface area contributed by atoms with Crippen LogP contribution in [0.1, 0.15) is 20.8 Å². The van der Waals surface area contributed by atoms with Crippen molar-refractivity contribution in [1.29, 1.82) is 0 Å². The summed E-state index contributed by atoms with van der Waals surface area (Å²) in [7, 11) is 0. The van der Waals surface area contributed by atoms with Crippen LogP contribution in [-0.2, 0) is 19.0 Å². The van der Waals surface area contributed by atoms with Crippen LogP contribution in [0.2, 0.25) is 0 Å². The van der Waals surface area contributed by atoms with Crippen molar-refractivity contribution >= 4 is 5.97 Å². The second kappa shape index (κ2) is 4.07. The lowest BCUT2D eigenvalue weighted by atomic mass is 10.0. The van der Waals surface area contributed by atoms with Gasteiger partial charge in [0, 0.05) is 0 Å². The van der Waals surface area contributed by atoms with Crippen LogP contribution in [0.5, 0.6) is 0 Å². The van der Waals surface area contributed by atoms with Gasteiger partial charge in [0.25, 0.3) is 0 Å². The molecule has 76 valence electrons. The molecule has 0 aromatic rings. The van der Waals surface area contributed by atoms with Gasteiger partial charge in [-0.3, -0.25) is 4.79 Å². The summed E-state index contributed by atoms with van der Waals surface area (Å²) < 4.78 is 15.6. The lowest BCUT2D eigenvalue weighted by Gasteiger charge is -2.27. The molecule has 0 saturated carbocycles. The number of carbonyl (C=O) groups excluding carboxylic acids is 1. The zero-order valence-electron chi connectivity index (χ0n) is 8.33. The van der Waals surface area contributed by atoms with Crippen LogP contribution in [-0.4, -0.2) is 31.6 Å². The van der Waals surface area contributed by atoms with Crippen LogP contribution >= 0.6 is 0 Å². The van der Waals surface area contributed by atoms with Crippen molar-refractivity contribution in [1.82, 2.24) is 0 Å². The maximum atomic E-state index is 11.4. The van der Waals surface area contributed by atoms with E-state index in [1.165, 1.54) is 0 Å². The average Bonchev–Trinajstić information content (AvgIpc) is 2.52. The molecule has 0 spiro atoms. The van der Waals surface area contributed by atoms with E-state index in [1.807, 2.05) is 0 Å². The highest BCUT2D eigenvalue weighted by atomic mass is 16.7. The van der Waals surface area contributed by atoms with E-state index in [2.05, 4.69) is 0 Å². The van der Waals surface area contributed by atoms with E-state index in [9.17, 15) is 4.79 Å². The molecule has 0 radical (unpaired) electrons. The number of carbonyl (C=O) groups is 1. The molecule has 1 unspecified atom stereocenters. The van der Waals surface area contributed by atoms with Crippen molar-refractivity contribution in [3.05, 3.63) is 0 Å². The molecule has 0 N–H and O–H groups in total. The van der Waals surface area contributed by atoms with E-state index in [1.54, 1.807) is 20.8 Å². The highest BCUT2D eigenvalue weighted by Gasteiger charge is 2.41. The smallest absolute Gasteiger partial charge is 0.314 e. The lowest BCUT2D eigenvalue weighted by Crippen LogP contribution is -2.39. The van der Waals surface area contributed by atoms with Gasteiger partial charge in [0.05, 0.1) is 19.8 Å². The van der Waals surface area contributed by atoms with Crippen LogP contribution in [0.4, 0.5) is 0 Å². The predicted molar refractivity (Wildman–Crippen MR) is 46.1 cm³/mol. The molecule has 1 fully saturated rings. The third-order valence-electron chi connectivity index (χ3n) is 2.29. The Labute approximate surface area is 78.2 Å². The number of hydrogen-bond donors (Lipinski definition) is 0. The summed E-state index contributed by atoms with van der Waals surface area (Å²) in [4.78, 5) is 11.4. The molecule has 13 heavy (non-hydrogen) atoms. The van der Waals surface area contributed by atoms with Gasteiger partial charge in [-0.25, -0.2) is 0 Å². The monoisotopic (exact) mass is 188 g/mol. The summed E-state index contributed by atoms with van der Waals surface area (Å²) in [5.41, 5.74) is 0. The van der Waals surface area contributed by atoms with Crippen molar-refractivity contribution in [3.63, 3.8) is 0 Å². The Hall–Kier alpha value is -0.610. The zero-order valence-corrected chi connectivity index (χ0v) is 8.33. The third kappa shape index (κ3) is 2.19. The van der Waals surface area contributed by atoms with Gasteiger partial charge in [-0.15, -0.1) is 0 Å². The minimum atomic E-state index is -0.799. The summed E-state index contributed by atoms with van der Waals surface area (Å²) in [6.45, 7) is 6.77. The molecule has 1 saturated heterocycles. The van der Waals surface area contributed by atoms with Crippen molar-refractivity contribution in [2.75, 3.05) is 19.8 Å². The Bertz CT molecular complexity index is 184. The fourth-order valence-electron chi connectivity index (χ4n) is 1.26. The SMILES string of the molecule is CCOC(=O)C(C)C1(C)OCCO1. The largest absolute Gasteiger partial charge is 0.466 e. The number of hydrogen-bond acceptors (Lipinski definition) is 4. The molecule has 1 heterocycles. The first-order valence-electron chi connectivity index (χ1n) is 4.54. The van der Waals surface area contributed by atoms with Gasteiger partial charge in [0.15, 0.2) is 5.79 Å². The summed E-state index contributed by atoms with van der Waals surface area (Å²) in [5.74, 6) is -1.45. The standard InChI is InChI=1S/C9H16O4/c1-4-11-8(10)7(2)9(3)12-5-6-13-9/h7H,4-6H2,1-3H3. The van der Waals surface area contributed by atoms with Crippen molar-refractivity contribution in [2.45, 2.75) is 26.6 Å². The van der Waals surface area contributed by atoms with E-state index >= 15 is 0 Å². The second-order valence-electron chi connectivity index (χ2n) is 3.19. The van der Waals surface area contributed by atoms with E-state index in [0.29, 0.717) is 19.8 Å². The highest BCUT2D eigenvalue weighted by molar-refractivity contribution is 5.73. The first-order valence-corrected chi connectivity index (χ1v) is 4.54. The Morgan fingerprint density at radius 2 is 2.08 bits per heavy atom. The molecule has 4 heteroatoms. The van der Waals surface area contributed by atoms with Crippen LogP contribution in [0, 0.1) is 5.92 Å². The molecule has 0 aliphatic carbocycles. The van der Waals surface area contributed by atoms with Crippen LogP contribution in [0.25, 0.3) is 0 Å². The molecule has 0 bridgehead atoms. The molecule has 1 aliphatic heterocycles. The maximum Gasteiger partial charge on any atom is 0.314 e. The second-order valence-corrected chi connectivity index (χ2v) is 3.19. The first-order chi connectivity index (χ1) is 6.10. The van der Waals surface area contributed by atoms with Crippen molar-refractivity contribution in [3.8, 4) is 0 Å². The Balaban J connectivity index is 2.54. The Morgan fingerprint density at radius 1 is 1.54 bits per heavy atom. The molecule has 1 rings (SSSR count). The average molecular weight is 188 g/mol. The van der Waals surface area contributed by atoms with Crippen LogP contribution < -0.4 is 0 Å². The number of rotatable bonds is 3. The molecule has 4 nitrogen and oxygen atoms in total. The van der Waals surface area contributed by atoms with Gasteiger partial charge in [-0.2, -0.15) is 0 Å². The van der Waals surface area contributed by atoms with E-state index < -0.39 is 5.79 Å². The van der Waals surface area contributed by atoms with Gasteiger partial charge in [-0.05, 0) is 20.8 Å². The number of ether oxygens (including phenoxy) is 3. The van der Waals surface area contributed by atoms with Crippen molar-refractivity contribution in [2.24, 2.45) is 5.92 Å². The van der Waals surface area contributed by atoms with Gasteiger partial charge in [0.2, 0.25) is 0 Å². The highest BCUT2D eigenvalue weighted by Crippen LogP contribution is 2.28. The molecular formula is C9H16O4. The number of esters is 1. The fraction of sp³-hybridized carbons (Fsp3) is 0.889. The molecule has 1 atom stereocenters. The molecular weight excluding hydrogens is 172 g/mol. The molecule has 0 aromatic heterocycles. The van der Waals surface area contributed by atoms with E-state index in [0.717, 1.165) is 0 Å². The minimum absolute atomic E-state index is 0.271. The third-order valence-corrected chi connectivity index (χ3v) is 2.29. The zero-order chi connectivity index (χ0) is 9.90. The Kier molecular flexibility index (Phi) is 3.27. The van der Waals surface area contributed by atoms with Gasteiger partial charge in [0.1, 0.15) is 5.92 Å². The Morgan fingerprint density at radius 3 is 2.54 bits per heavy atom. The minimum Gasteiger partial charge on any atom is -0.466 e. The molecule has 1 aliphatic rings. The van der Waals surface area contributed by atoms with Gasteiger partial charge in [-0.1, -0.05) is 0 Å². The summed E-state index contributed by atoms with van der Waals surface area (Å²) in [6, 6.07) is 0. The molecule has 0 aromatic carbocycles. The van der Waals surface area contributed by atoms with Crippen LogP contribution in [0.3, 0.4) is 0 Å². The maximum absolute atomic E-state index is 11.4. The first kappa shape index (κ1) is 10.5. The predicted octanol–water partition coefficient (Wildman–Crippen LogP) is 0.949. The van der Waals surface area contributed by atoms with Gasteiger partial charge < -0.3 is 14.2 Å². The fourth-order valence-corrected chi connectivity index (χ4v) is 1.26. The molecule has 0 amide bonds. The normalized spacial score (nSPS) is 22.7. The quantitative estimate of drug-likeness (QED) is 0.618. The summed E-state index contributed by atoms with van der Waals surface area (Å²) in [6.07, 6.45) is 0. The van der Waals surface area contributed by atoms with Gasteiger partial charge >= 0.3 is 5.97 Å². The van der Waals surface area contributed by atoms with E-state index in [-0.39, 0.29) is 11.9 Å². The van der Waals surface area contributed by atoms with Crippen molar-refractivity contribution < 1.29 is 19.0 Å². The summed E-state index contributed by atoms with van der Waals surface area (Å²) >= 11 is 0. The lowest BCUT2D eigenvalue weighted by molar-refractivity contribution is -0.196. The topological polar surface area (TPSA) is 44.8 Å².